The molecule has 1 aliphatic carbocycles. The molecule has 0 aromatic heterocycles. The third-order valence-electron chi connectivity index (χ3n) is 3.47. The molecule has 1 unspecified atom stereocenters. The molecule has 68 valence electrons. The Bertz CT molecular complexity index is 192. The second-order valence-corrected chi connectivity index (χ2v) is 5.07. The fourth-order valence-electron chi connectivity index (χ4n) is 2.47. The van der Waals surface area contributed by atoms with Crippen LogP contribution in [0, 0.1) is 5.41 Å². The van der Waals surface area contributed by atoms with E-state index in [1.165, 1.54) is 38.8 Å². The molecule has 12 heavy (non-hydrogen) atoms. The molecule has 1 nitrogen and oxygen atoms in total. The summed E-state index contributed by atoms with van der Waals surface area (Å²) in [7, 11) is 2.82. The van der Waals surface area contributed by atoms with Crippen molar-refractivity contribution in [3.05, 3.63) is 11.6 Å². The van der Waals surface area contributed by atoms with Crippen LogP contribution in [0.4, 0.5) is 0 Å². The number of rotatable bonds is 0. The van der Waals surface area contributed by atoms with Crippen molar-refractivity contribution in [2.45, 2.75) is 32.6 Å². The molecule has 1 saturated carbocycles. The third kappa shape index (κ3) is 1.45. The van der Waals surface area contributed by atoms with E-state index < -0.39 is 0 Å². The summed E-state index contributed by atoms with van der Waals surface area (Å²) in [5.74, 6) is 0. The lowest BCUT2D eigenvalue weighted by atomic mass is 9.61. The van der Waals surface area contributed by atoms with E-state index in [1.807, 2.05) is 0 Å². The summed E-state index contributed by atoms with van der Waals surface area (Å²) in [5.41, 5.74) is 2.42. The molecule has 0 amide bonds. The lowest BCUT2D eigenvalue weighted by Crippen LogP contribution is -2.41. The lowest BCUT2D eigenvalue weighted by Gasteiger charge is -2.48. The number of piperidine rings is 1. The molecule has 2 aliphatic rings. The second-order valence-electron chi connectivity index (χ2n) is 4.34. The van der Waals surface area contributed by atoms with Crippen LogP contribution in [-0.2, 0) is 0 Å². The van der Waals surface area contributed by atoms with E-state index in [-0.39, 0.29) is 0 Å². The summed E-state index contributed by atoms with van der Waals surface area (Å²) in [6.07, 6.45) is 7.91. The highest BCUT2D eigenvalue weighted by atomic mass is 31.0. The average Bonchev–Trinajstić information content (AvgIpc) is 2.02. The molecule has 1 atom stereocenters. The Morgan fingerprint density at radius 1 is 1.33 bits per heavy atom. The van der Waals surface area contributed by atoms with E-state index in [9.17, 15) is 0 Å². The Morgan fingerprint density at radius 2 is 1.92 bits per heavy atom. The van der Waals surface area contributed by atoms with Crippen molar-refractivity contribution in [2.75, 3.05) is 13.1 Å². The highest BCUT2D eigenvalue weighted by Gasteiger charge is 2.41. The van der Waals surface area contributed by atoms with Crippen LogP contribution in [0.15, 0.2) is 11.6 Å². The fraction of sp³-hybridized carbons (Fsp3) is 0.800. The monoisotopic (exact) mass is 183 g/mol. The van der Waals surface area contributed by atoms with E-state index in [2.05, 4.69) is 27.1 Å². The Kier molecular flexibility index (Phi) is 2.27. The van der Waals surface area contributed by atoms with Gasteiger partial charge in [-0.05, 0) is 38.0 Å². The minimum absolute atomic E-state index is 0.731. The highest BCUT2D eigenvalue weighted by Crippen LogP contribution is 2.52. The smallest absolute Gasteiger partial charge is 0.00217 e. The summed E-state index contributed by atoms with van der Waals surface area (Å²) in [5, 5.41) is 0. The quantitative estimate of drug-likeness (QED) is 0.412. The predicted molar refractivity (Wildman–Crippen MR) is 55.9 cm³/mol. The van der Waals surface area contributed by atoms with Crippen LogP contribution in [-0.4, -0.2) is 17.8 Å². The first-order valence-corrected chi connectivity index (χ1v) is 5.39. The van der Waals surface area contributed by atoms with Crippen molar-refractivity contribution in [1.29, 1.82) is 0 Å². The summed E-state index contributed by atoms with van der Waals surface area (Å²) >= 11 is 0. The molecule has 0 aromatic rings. The molecule has 1 saturated heterocycles. The molecule has 1 spiro atoms. The average molecular weight is 183 g/mol. The van der Waals surface area contributed by atoms with Gasteiger partial charge in [0.05, 0.1) is 0 Å². The largest absolute Gasteiger partial charge is 0.287 e. The van der Waals surface area contributed by atoms with Gasteiger partial charge in [-0.2, -0.15) is 0 Å². The minimum Gasteiger partial charge on any atom is -0.287 e. The maximum absolute atomic E-state index is 2.82. The number of hydrogen-bond donors (Lipinski definition) is 0. The van der Waals surface area contributed by atoms with Crippen molar-refractivity contribution >= 4 is 9.39 Å². The van der Waals surface area contributed by atoms with Crippen LogP contribution < -0.4 is 0 Å². The molecule has 0 radical (unpaired) electrons. The molecular formula is C10H18NP. The molecule has 0 bridgehead atoms. The van der Waals surface area contributed by atoms with E-state index in [0.717, 1.165) is 5.41 Å². The van der Waals surface area contributed by atoms with Crippen LogP contribution in [0.2, 0.25) is 0 Å². The van der Waals surface area contributed by atoms with Gasteiger partial charge >= 0.3 is 0 Å². The van der Waals surface area contributed by atoms with Crippen LogP contribution in [0.3, 0.4) is 0 Å². The van der Waals surface area contributed by atoms with Gasteiger partial charge in [-0.1, -0.05) is 21.0 Å². The summed E-state index contributed by atoms with van der Waals surface area (Å²) in [4.78, 5) is 0. The molecule has 0 aromatic carbocycles. The number of nitrogens with zero attached hydrogens (tertiary/aromatic N) is 1. The molecule has 2 fully saturated rings. The van der Waals surface area contributed by atoms with Gasteiger partial charge in [0.15, 0.2) is 0 Å². The second kappa shape index (κ2) is 3.12. The fourth-order valence-corrected chi connectivity index (χ4v) is 2.73. The van der Waals surface area contributed by atoms with Crippen LogP contribution in [0.1, 0.15) is 32.6 Å². The molecule has 2 rings (SSSR count). The highest BCUT2D eigenvalue weighted by molar-refractivity contribution is 7.13. The number of allylic oxidation sites excluding steroid dienone is 2. The maximum Gasteiger partial charge on any atom is 0.00217 e. The molecule has 2 heteroatoms. The van der Waals surface area contributed by atoms with Crippen molar-refractivity contribution in [3.8, 4) is 0 Å². The van der Waals surface area contributed by atoms with Gasteiger partial charge in [0.2, 0.25) is 0 Å². The van der Waals surface area contributed by atoms with Gasteiger partial charge in [-0.25, -0.2) is 0 Å². The number of hydrogen-bond acceptors (Lipinski definition) is 1. The zero-order valence-corrected chi connectivity index (χ0v) is 9.00. The van der Waals surface area contributed by atoms with Gasteiger partial charge in [0, 0.05) is 13.1 Å². The standard InChI is InChI=1S/C10H18NP/c1-2-9-7-10(8-9)3-5-11(12)6-4-10/h2H,3-8,12H2,1H3. The van der Waals surface area contributed by atoms with Crippen molar-refractivity contribution in [2.24, 2.45) is 5.41 Å². The first kappa shape index (κ1) is 8.72. The topological polar surface area (TPSA) is 3.24 Å². The van der Waals surface area contributed by atoms with Gasteiger partial charge in [-0.3, -0.25) is 4.67 Å². The SMILES string of the molecule is CC=C1CC2(CCN(P)CC2)C1. The van der Waals surface area contributed by atoms with E-state index in [0.29, 0.717) is 0 Å². The first-order valence-electron chi connectivity index (χ1n) is 4.88. The molecular weight excluding hydrogens is 165 g/mol. The predicted octanol–water partition coefficient (Wildman–Crippen LogP) is 2.60. The van der Waals surface area contributed by atoms with Gasteiger partial charge in [0.25, 0.3) is 0 Å². The Morgan fingerprint density at radius 3 is 2.42 bits per heavy atom. The van der Waals surface area contributed by atoms with Crippen molar-refractivity contribution in [3.63, 3.8) is 0 Å². The maximum atomic E-state index is 2.82. The van der Waals surface area contributed by atoms with E-state index in [1.54, 1.807) is 5.57 Å². The van der Waals surface area contributed by atoms with Gasteiger partial charge in [-0.15, -0.1) is 0 Å². The van der Waals surface area contributed by atoms with Gasteiger partial charge < -0.3 is 0 Å². The first-order chi connectivity index (χ1) is 5.74. The molecule has 1 aliphatic heterocycles. The van der Waals surface area contributed by atoms with Crippen molar-refractivity contribution in [1.82, 2.24) is 4.67 Å². The lowest BCUT2D eigenvalue weighted by molar-refractivity contribution is 0.111. The third-order valence-corrected chi connectivity index (χ3v) is 3.99. The summed E-state index contributed by atoms with van der Waals surface area (Å²) in [6.45, 7) is 4.73. The molecule has 1 heterocycles. The minimum atomic E-state index is 0.731. The van der Waals surface area contributed by atoms with Crippen LogP contribution in [0.5, 0.6) is 0 Å². The van der Waals surface area contributed by atoms with Crippen LogP contribution >= 0.6 is 9.39 Å². The van der Waals surface area contributed by atoms with Crippen molar-refractivity contribution < 1.29 is 0 Å². The Hall–Kier alpha value is 0.130. The zero-order valence-electron chi connectivity index (χ0n) is 7.84. The van der Waals surface area contributed by atoms with E-state index in [4.69, 9.17) is 0 Å². The molecule has 0 N–H and O–H groups in total. The normalized spacial score (nSPS) is 28.7. The van der Waals surface area contributed by atoms with E-state index >= 15 is 0 Å². The summed E-state index contributed by atoms with van der Waals surface area (Å²) in [6, 6.07) is 0. The zero-order chi connectivity index (χ0) is 8.60. The Balaban J connectivity index is 1.91. The van der Waals surface area contributed by atoms with Gasteiger partial charge in [0.1, 0.15) is 0 Å². The Labute approximate surface area is 77.5 Å². The van der Waals surface area contributed by atoms with Crippen LogP contribution in [0.25, 0.3) is 0 Å². The summed E-state index contributed by atoms with van der Waals surface area (Å²) < 4.78 is 2.37.